The molecule has 0 fully saturated rings. The molecule has 1 N–H and O–H groups in total. The number of methoxy groups -OCH3 is 1. The van der Waals surface area contributed by atoms with Gasteiger partial charge >= 0.3 is 11.8 Å². The van der Waals surface area contributed by atoms with Gasteiger partial charge in [-0.1, -0.05) is 24.3 Å². The van der Waals surface area contributed by atoms with Crippen LogP contribution in [0.2, 0.25) is 0 Å². The number of nitrogens with zero attached hydrogens (tertiary/aromatic N) is 4. The molecule has 33 heavy (non-hydrogen) atoms. The van der Waals surface area contributed by atoms with E-state index in [0.717, 1.165) is 16.9 Å². The topological polar surface area (TPSA) is 112 Å². The molecule has 10 nitrogen and oxygen atoms in total. The molecule has 2 aromatic carbocycles. The summed E-state index contributed by atoms with van der Waals surface area (Å²) >= 11 is 0. The number of carbonyl (C=O) groups excluding carboxylic acids is 1. The van der Waals surface area contributed by atoms with Crippen molar-refractivity contribution in [1.29, 1.82) is 0 Å². The molecule has 0 radical (unpaired) electrons. The summed E-state index contributed by atoms with van der Waals surface area (Å²) in [6, 6.07) is 15.4. The minimum absolute atomic E-state index is 0.133. The molecule has 10 heteroatoms. The van der Waals surface area contributed by atoms with Gasteiger partial charge in [0.25, 0.3) is 5.91 Å². The molecule has 0 saturated heterocycles. The predicted molar refractivity (Wildman–Crippen MR) is 120 cm³/mol. The van der Waals surface area contributed by atoms with E-state index in [2.05, 4.69) is 15.2 Å². The molecule has 0 spiro atoms. The molecular formula is C23H25N5O5. The van der Waals surface area contributed by atoms with Crippen LogP contribution in [0.1, 0.15) is 21.5 Å². The van der Waals surface area contributed by atoms with Gasteiger partial charge in [-0.25, -0.2) is 0 Å². The van der Waals surface area contributed by atoms with Crippen LogP contribution in [0.15, 0.2) is 54.7 Å². The number of hydrogen-bond acceptors (Lipinski definition) is 7. The molecule has 2 heterocycles. The van der Waals surface area contributed by atoms with E-state index in [9.17, 15) is 14.9 Å². The normalized spacial score (nSPS) is 13.8. The lowest BCUT2D eigenvalue weighted by Crippen LogP contribution is -2.33. The van der Waals surface area contributed by atoms with E-state index < -0.39 is 4.92 Å². The Kier molecular flexibility index (Phi) is 6.84. The zero-order valence-electron chi connectivity index (χ0n) is 18.3. The maximum atomic E-state index is 12.5. The van der Waals surface area contributed by atoms with Crippen LogP contribution in [0.3, 0.4) is 0 Å². The van der Waals surface area contributed by atoms with Crippen LogP contribution in [0.25, 0.3) is 0 Å². The number of imidazole rings is 1. The Labute approximate surface area is 190 Å². The molecule has 1 aromatic heterocycles. The molecule has 0 saturated carbocycles. The maximum Gasteiger partial charge on any atom is 0.414 e. The van der Waals surface area contributed by atoms with E-state index in [4.69, 9.17) is 9.47 Å². The fourth-order valence-electron chi connectivity index (χ4n) is 3.58. The molecule has 1 amide bonds. The summed E-state index contributed by atoms with van der Waals surface area (Å²) < 4.78 is 12.4. The number of rotatable bonds is 7. The number of amides is 1. The fourth-order valence-corrected chi connectivity index (χ4v) is 3.58. The zero-order chi connectivity index (χ0) is 23.2. The average molecular weight is 451 g/mol. The number of fused-ring (bicyclic) bond motifs is 1. The van der Waals surface area contributed by atoms with Crippen LogP contribution in [-0.2, 0) is 19.6 Å². The van der Waals surface area contributed by atoms with E-state index in [1.807, 2.05) is 48.5 Å². The highest BCUT2D eigenvalue weighted by Gasteiger charge is 2.22. The highest BCUT2D eigenvalue weighted by atomic mass is 16.6. The van der Waals surface area contributed by atoms with Gasteiger partial charge in [0.05, 0.1) is 7.11 Å². The lowest BCUT2D eigenvalue weighted by Gasteiger charge is -2.24. The zero-order valence-corrected chi connectivity index (χ0v) is 18.3. The van der Waals surface area contributed by atoms with E-state index in [-0.39, 0.29) is 17.7 Å². The number of nitro groups is 1. The number of aromatic nitrogens is 2. The standard InChI is InChI=1S/C23H25N5O5/c1-32-20-8-4-17(5-9-20)14-24-22(29)19-6-2-18(3-7-19)15-26-10-11-27-16-21(28(30)31)25-23(27)33-13-12-26/h2-9,16H,10-15H2,1H3,(H,24,29). The largest absolute Gasteiger partial charge is 0.497 e. The van der Waals surface area contributed by atoms with Gasteiger partial charge in [-0.2, -0.15) is 0 Å². The first-order chi connectivity index (χ1) is 16.0. The Morgan fingerprint density at radius 2 is 1.85 bits per heavy atom. The summed E-state index contributed by atoms with van der Waals surface area (Å²) in [6.07, 6.45) is 1.40. The van der Waals surface area contributed by atoms with Crippen LogP contribution >= 0.6 is 0 Å². The Hall–Kier alpha value is -3.92. The van der Waals surface area contributed by atoms with Crippen LogP contribution in [0.4, 0.5) is 5.82 Å². The lowest BCUT2D eigenvalue weighted by molar-refractivity contribution is -0.389. The Morgan fingerprint density at radius 3 is 2.55 bits per heavy atom. The molecule has 0 bridgehead atoms. The van der Waals surface area contributed by atoms with Gasteiger partial charge < -0.3 is 24.9 Å². The van der Waals surface area contributed by atoms with Crippen molar-refractivity contribution in [2.24, 2.45) is 0 Å². The number of benzene rings is 2. The van der Waals surface area contributed by atoms with E-state index in [0.29, 0.717) is 44.9 Å². The van der Waals surface area contributed by atoms with Crippen LogP contribution in [-0.4, -0.2) is 52.1 Å². The van der Waals surface area contributed by atoms with Gasteiger partial charge in [0.2, 0.25) is 0 Å². The SMILES string of the molecule is COc1ccc(CNC(=O)c2ccc(CN3CCOc4nc([N+](=O)[O-])cn4CC3)cc2)cc1. The molecule has 0 aliphatic carbocycles. The third-order valence-corrected chi connectivity index (χ3v) is 5.44. The number of hydrogen-bond donors (Lipinski definition) is 1. The van der Waals surface area contributed by atoms with E-state index in [1.54, 1.807) is 11.7 Å². The second-order valence-corrected chi connectivity index (χ2v) is 7.68. The van der Waals surface area contributed by atoms with Crippen molar-refractivity contribution < 1.29 is 19.2 Å². The lowest BCUT2D eigenvalue weighted by atomic mass is 10.1. The Bertz CT molecular complexity index is 1110. The first-order valence-electron chi connectivity index (χ1n) is 10.6. The highest BCUT2D eigenvalue weighted by molar-refractivity contribution is 5.94. The molecule has 1 aliphatic heterocycles. The first-order valence-corrected chi connectivity index (χ1v) is 10.6. The van der Waals surface area contributed by atoms with Crippen molar-refractivity contribution in [2.75, 3.05) is 26.8 Å². The average Bonchev–Trinajstić information content (AvgIpc) is 3.22. The Morgan fingerprint density at radius 1 is 1.12 bits per heavy atom. The summed E-state index contributed by atoms with van der Waals surface area (Å²) in [6.45, 7) is 3.43. The minimum Gasteiger partial charge on any atom is -0.497 e. The van der Waals surface area contributed by atoms with E-state index >= 15 is 0 Å². The summed E-state index contributed by atoms with van der Waals surface area (Å²) in [7, 11) is 1.62. The van der Waals surface area contributed by atoms with Crippen molar-refractivity contribution >= 4 is 11.7 Å². The summed E-state index contributed by atoms with van der Waals surface area (Å²) in [5.74, 6) is 0.435. The molecule has 1 aliphatic rings. The van der Waals surface area contributed by atoms with E-state index in [1.165, 1.54) is 6.20 Å². The molecular weight excluding hydrogens is 426 g/mol. The molecule has 172 valence electrons. The monoisotopic (exact) mass is 451 g/mol. The number of carbonyl (C=O) groups is 1. The smallest absolute Gasteiger partial charge is 0.414 e. The fraction of sp³-hybridized carbons (Fsp3) is 0.304. The predicted octanol–water partition coefficient (Wildman–Crippen LogP) is 2.62. The van der Waals surface area contributed by atoms with Crippen molar-refractivity contribution in [3.05, 3.63) is 81.5 Å². The van der Waals surface area contributed by atoms with Crippen LogP contribution < -0.4 is 14.8 Å². The van der Waals surface area contributed by atoms with Crippen LogP contribution in [0.5, 0.6) is 11.8 Å². The van der Waals surface area contributed by atoms with Crippen molar-refractivity contribution in [2.45, 2.75) is 19.6 Å². The second-order valence-electron chi connectivity index (χ2n) is 7.68. The summed E-state index contributed by atoms with van der Waals surface area (Å²) in [5, 5.41) is 13.9. The maximum absolute atomic E-state index is 12.5. The number of ether oxygens (including phenoxy) is 2. The van der Waals surface area contributed by atoms with Crippen molar-refractivity contribution in [1.82, 2.24) is 19.8 Å². The van der Waals surface area contributed by atoms with Gasteiger partial charge in [-0.3, -0.25) is 14.3 Å². The van der Waals surface area contributed by atoms with Crippen molar-refractivity contribution in [3.63, 3.8) is 0 Å². The molecule has 0 atom stereocenters. The Balaban J connectivity index is 1.30. The summed E-state index contributed by atoms with van der Waals surface area (Å²) in [4.78, 5) is 29.0. The van der Waals surface area contributed by atoms with Crippen LogP contribution in [0, 0.1) is 10.1 Å². The summed E-state index contributed by atoms with van der Waals surface area (Å²) in [5.41, 5.74) is 2.66. The van der Waals surface area contributed by atoms with Gasteiger partial charge in [-0.05, 0) is 40.3 Å². The quantitative estimate of drug-likeness (QED) is 0.434. The second kappa shape index (κ2) is 10.1. The number of nitrogens with one attached hydrogen (secondary N) is 1. The van der Waals surface area contributed by atoms with Gasteiger partial charge in [0.15, 0.2) is 0 Å². The highest BCUT2D eigenvalue weighted by Crippen LogP contribution is 2.19. The van der Waals surface area contributed by atoms with Crippen molar-refractivity contribution in [3.8, 4) is 11.8 Å². The van der Waals surface area contributed by atoms with Gasteiger partial charge in [0, 0.05) is 43.3 Å². The third-order valence-electron chi connectivity index (χ3n) is 5.44. The molecule has 4 rings (SSSR count). The molecule has 3 aromatic rings. The molecule has 0 unspecified atom stereocenters. The van der Waals surface area contributed by atoms with Gasteiger partial charge in [0.1, 0.15) is 18.6 Å². The third kappa shape index (κ3) is 5.66. The minimum atomic E-state index is -0.520. The first kappa shape index (κ1) is 22.3. The van der Waals surface area contributed by atoms with Gasteiger partial charge in [-0.15, -0.1) is 0 Å².